The average Bonchev–Trinajstić information content (AvgIpc) is 3.04. The number of phenols is 1. The number of aryl methyl sites for hydroxylation is 1. The number of hydrogen-bond donors (Lipinski definition) is 3. The SMILES string of the molecule is CCOc1nc(NCc2nc3ccccc3n2C)nc(Nc2ccc(O)cc2)n1. The van der Waals surface area contributed by atoms with Gasteiger partial charge in [0.1, 0.15) is 11.6 Å². The first-order chi connectivity index (χ1) is 14.1. The zero-order valence-electron chi connectivity index (χ0n) is 16.1. The van der Waals surface area contributed by atoms with Crippen molar-refractivity contribution in [3.8, 4) is 11.8 Å². The molecule has 148 valence electrons. The topological polar surface area (TPSA) is 110 Å². The lowest BCUT2D eigenvalue weighted by Crippen LogP contribution is -2.11. The summed E-state index contributed by atoms with van der Waals surface area (Å²) in [6.07, 6.45) is 0. The Bertz CT molecular complexity index is 1130. The molecule has 4 rings (SSSR count). The van der Waals surface area contributed by atoms with Gasteiger partial charge < -0.3 is 25.0 Å². The molecule has 0 unspecified atom stereocenters. The van der Waals surface area contributed by atoms with E-state index in [1.54, 1.807) is 24.3 Å². The molecule has 0 atom stereocenters. The van der Waals surface area contributed by atoms with Gasteiger partial charge in [0, 0.05) is 12.7 Å². The summed E-state index contributed by atoms with van der Waals surface area (Å²) in [5.41, 5.74) is 2.73. The molecule has 0 saturated heterocycles. The number of aromatic hydroxyl groups is 1. The normalized spacial score (nSPS) is 10.8. The van der Waals surface area contributed by atoms with Crippen LogP contribution < -0.4 is 15.4 Å². The number of phenolic OH excluding ortho intramolecular Hbond substituents is 1. The van der Waals surface area contributed by atoms with Crippen LogP contribution in [0.1, 0.15) is 12.7 Å². The first-order valence-corrected chi connectivity index (χ1v) is 9.21. The number of ether oxygens (including phenoxy) is 1. The largest absolute Gasteiger partial charge is 0.508 e. The second kappa shape index (κ2) is 8.01. The Balaban J connectivity index is 1.56. The van der Waals surface area contributed by atoms with Crippen molar-refractivity contribution in [1.82, 2.24) is 24.5 Å². The molecule has 0 aliphatic carbocycles. The maximum absolute atomic E-state index is 9.43. The minimum absolute atomic E-state index is 0.186. The van der Waals surface area contributed by atoms with Gasteiger partial charge in [0.25, 0.3) is 0 Å². The molecule has 9 nitrogen and oxygen atoms in total. The van der Waals surface area contributed by atoms with E-state index in [9.17, 15) is 5.11 Å². The molecule has 3 N–H and O–H groups in total. The standard InChI is InChI=1S/C20H21N7O2/c1-3-29-20-25-18(24-19(26-20)22-13-8-10-14(28)11-9-13)21-12-17-23-15-6-4-5-7-16(15)27(17)2/h4-11,28H,3,12H2,1-2H3,(H2,21,22,24,25,26). The summed E-state index contributed by atoms with van der Waals surface area (Å²) in [5.74, 6) is 1.75. The van der Waals surface area contributed by atoms with Crippen molar-refractivity contribution in [2.24, 2.45) is 7.05 Å². The Hall–Kier alpha value is -3.88. The molecule has 0 fully saturated rings. The summed E-state index contributed by atoms with van der Waals surface area (Å²) >= 11 is 0. The Labute approximate surface area is 167 Å². The van der Waals surface area contributed by atoms with E-state index in [0.29, 0.717) is 25.0 Å². The highest BCUT2D eigenvalue weighted by atomic mass is 16.5. The van der Waals surface area contributed by atoms with Crippen molar-refractivity contribution < 1.29 is 9.84 Å². The molecule has 0 bridgehead atoms. The Morgan fingerprint density at radius 2 is 1.72 bits per heavy atom. The van der Waals surface area contributed by atoms with Gasteiger partial charge >= 0.3 is 6.01 Å². The van der Waals surface area contributed by atoms with E-state index >= 15 is 0 Å². The highest BCUT2D eigenvalue weighted by Gasteiger charge is 2.11. The van der Waals surface area contributed by atoms with Crippen LogP contribution in [0.3, 0.4) is 0 Å². The summed E-state index contributed by atoms with van der Waals surface area (Å²) in [5, 5.41) is 15.7. The molecule has 0 aliphatic heterocycles. The first kappa shape index (κ1) is 18.5. The highest BCUT2D eigenvalue weighted by molar-refractivity contribution is 5.75. The first-order valence-electron chi connectivity index (χ1n) is 9.21. The number of nitrogens with one attached hydrogen (secondary N) is 2. The van der Waals surface area contributed by atoms with E-state index in [4.69, 9.17) is 4.74 Å². The minimum Gasteiger partial charge on any atom is -0.508 e. The van der Waals surface area contributed by atoms with Crippen molar-refractivity contribution in [2.45, 2.75) is 13.5 Å². The predicted octanol–water partition coefficient (Wildman–Crippen LogP) is 3.22. The molecule has 0 radical (unpaired) electrons. The van der Waals surface area contributed by atoms with Crippen LogP contribution in [0.15, 0.2) is 48.5 Å². The van der Waals surface area contributed by atoms with Gasteiger partial charge in [-0.3, -0.25) is 0 Å². The second-order valence-corrected chi connectivity index (χ2v) is 6.30. The van der Waals surface area contributed by atoms with Crippen LogP contribution in [0.25, 0.3) is 11.0 Å². The van der Waals surface area contributed by atoms with Crippen LogP contribution in [-0.4, -0.2) is 36.2 Å². The van der Waals surface area contributed by atoms with Crippen LogP contribution >= 0.6 is 0 Å². The van der Waals surface area contributed by atoms with E-state index in [0.717, 1.165) is 22.5 Å². The quantitative estimate of drug-likeness (QED) is 0.412. The number of nitrogens with zero attached hydrogens (tertiary/aromatic N) is 5. The predicted molar refractivity (Wildman–Crippen MR) is 110 cm³/mol. The smallest absolute Gasteiger partial charge is 0.323 e. The van der Waals surface area contributed by atoms with Gasteiger partial charge in [-0.05, 0) is 43.3 Å². The molecule has 29 heavy (non-hydrogen) atoms. The monoisotopic (exact) mass is 391 g/mol. The second-order valence-electron chi connectivity index (χ2n) is 6.30. The molecular formula is C20H21N7O2. The van der Waals surface area contributed by atoms with Crippen molar-refractivity contribution in [2.75, 3.05) is 17.2 Å². The summed E-state index contributed by atoms with van der Waals surface area (Å²) in [4.78, 5) is 17.6. The maximum atomic E-state index is 9.43. The maximum Gasteiger partial charge on any atom is 0.323 e. The lowest BCUT2D eigenvalue weighted by Gasteiger charge is -2.10. The fourth-order valence-corrected chi connectivity index (χ4v) is 2.87. The number of imidazole rings is 1. The Kier molecular flexibility index (Phi) is 5.10. The third kappa shape index (κ3) is 4.18. The molecular weight excluding hydrogens is 370 g/mol. The lowest BCUT2D eigenvalue weighted by molar-refractivity contribution is 0.312. The van der Waals surface area contributed by atoms with E-state index in [1.807, 2.05) is 42.8 Å². The molecule has 2 aromatic carbocycles. The van der Waals surface area contributed by atoms with Crippen LogP contribution in [0.2, 0.25) is 0 Å². The van der Waals surface area contributed by atoms with E-state index in [1.165, 1.54) is 0 Å². The zero-order chi connectivity index (χ0) is 20.2. The van der Waals surface area contributed by atoms with Crippen molar-refractivity contribution >= 4 is 28.6 Å². The van der Waals surface area contributed by atoms with Crippen LogP contribution in [-0.2, 0) is 13.6 Å². The number of rotatable bonds is 7. The molecule has 2 aromatic heterocycles. The molecule has 0 aliphatic rings. The molecule has 0 saturated carbocycles. The fourth-order valence-electron chi connectivity index (χ4n) is 2.87. The zero-order valence-corrected chi connectivity index (χ0v) is 16.1. The summed E-state index contributed by atoms with van der Waals surface area (Å²) < 4.78 is 7.50. The van der Waals surface area contributed by atoms with Gasteiger partial charge in [0.2, 0.25) is 11.9 Å². The highest BCUT2D eigenvalue weighted by Crippen LogP contribution is 2.20. The van der Waals surface area contributed by atoms with Crippen molar-refractivity contribution in [1.29, 1.82) is 0 Å². The summed E-state index contributed by atoms with van der Waals surface area (Å²) in [7, 11) is 1.98. The van der Waals surface area contributed by atoms with Gasteiger partial charge in [-0.15, -0.1) is 0 Å². The van der Waals surface area contributed by atoms with Gasteiger partial charge in [-0.25, -0.2) is 4.98 Å². The van der Waals surface area contributed by atoms with E-state index < -0.39 is 0 Å². The van der Waals surface area contributed by atoms with Gasteiger partial charge in [-0.2, -0.15) is 15.0 Å². The minimum atomic E-state index is 0.186. The summed E-state index contributed by atoms with van der Waals surface area (Å²) in [6.45, 7) is 2.75. The fraction of sp³-hybridized carbons (Fsp3) is 0.200. The molecule has 9 heteroatoms. The number of hydrogen-bond acceptors (Lipinski definition) is 8. The van der Waals surface area contributed by atoms with Crippen LogP contribution in [0.5, 0.6) is 11.8 Å². The van der Waals surface area contributed by atoms with E-state index in [2.05, 4.69) is 30.6 Å². The number of benzene rings is 2. The number of para-hydroxylation sites is 2. The molecule has 2 heterocycles. The van der Waals surface area contributed by atoms with Gasteiger partial charge in [0.05, 0.1) is 24.2 Å². The van der Waals surface area contributed by atoms with E-state index in [-0.39, 0.29) is 11.8 Å². The molecule has 0 amide bonds. The Morgan fingerprint density at radius 1 is 0.966 bits per heavy atom. The lowest BCUT2D eigenvalue weighted by atomic mass is 10.3. The van der Waals surface area contributed by atoms with Crippen LogP contribution in [0.4, 0.5) is 17.6 Å². The third-order valence-electron chi connectivity index (χ3n) is 4.30. The average molecular weight is 391 g/mol. The Morgan fingerprint density at radius 3 is 2.48 bits per heavy atom. The van der Waals surface area contributed by atoms with Gasteiger partial charge in [0.15, 0.2) is 0 Å². The summed E-state index contributed by atoms with van der Waals surface area (Å²) in [6, 6.07) is 14.8. The third-order valence-corrected chi connectivity index (χ3v) is 4.30. The number of fused-ring (bicyclic) bond motifs is 1. The van der Waals surface area contributed by atoms with Crippen molar-refractivity contribution in [3.05, 3.63) is 54.4 Å². The molecule has 0 spiro atoms. The number of aromatic nitrogens is 5. The number of anilines is 3. The van der Waals surface area contributed by atoms with Crippen LogP contribution in [0, 0.1) is 0 Å². The van der Waals surface area contributed by atoms with Gasteiger partial charge in [-0.1, -0.05) is 12.1 Å². The molecule has 4 aromatic rings. The van der Waals surface area contributed by atoms with Crippen molar-refractivity contribution in [3.63, 3.8) is 0 Å².